The Bertz CT molecular complexity index is 437. The van der Waals surface area contributed by atoms with Gasteiger partial charge in [-0.1, -0.05) is 6.92 Å². The highest BCUT2D eigenvalue weighted by molar-refractivity contribution is 5.54. The van der Waals surface area contributed by atoms with Gasteiger partial charge in [0, 0.05) is 37.6 Å². The van der Waals surface area contributed by atoms with Crippen molar-refractivity contribution in [3.8, 4) is 0 Å². The van der Waals surface area contributed by atoms with Crippen LogP contribution in [0.1, 0.15) is 27.2 Å². The van der Waals surface area contributed by atoms with E-state index < -0.39 is 0 Å². The highest BCUT2D eigenvalue weighted by Crippen LogP contribution is 2.26. The topological polar surface area (TPSA) is 57.6 Å². The minimum absolute atomic E-state index is 0.0476. The Morgan fingerprint density at radius 2 is 2.35 bits per heavy atom. The molecule has 20 heavy (non-hydrogen) atoms. The van der Waals surface area contributed by atoms with Gasteiger partial charge in [-0.25, -0.2) is 4.98 Å². The second kappa shape index (κ2) is 6.41. The molecule has 0 spiro atoms. The summed E-state index contributed by atoms with van der Waals surface area (Å²) in [4.78, 5) is 6.58. The number of aliphatic hydroxyl groups is 1. The Morgan fingerprint density at radius 3 is 3.05 bits per heavy atom. The summed E-state index contributed by atoms with van der Waals surface area (Å²) in [5.41, 5.74) is 0.861. The van der Waals surface area contributed by atoms with Crippen LogP contribution in [0.3, 0.4) is 0 Å². The first-order valence-corrected chi connectivity index (χ1v) is 7.27. The third kappa shape index (κ3) is 3.84. The van der Waals surface area contributed by atoms with E-state index in [1.165, 1.54) is 0 Å². The Morgan fingerprint density at radius 1 is 1.55 bits per heavy atom. The molecular weight excluding hydrogens is 254 g/mol. The van der Waals surface area contributed by atoms with E-state index in [0.717, 1.165) is 31.0 Å². The third-order valence-corrected chi connectivity index (χ3v) is 3.35. The Balaban J connectivity index is 2.13. The molecule has 1 aromatic heterocycles. The number of morpholine rings is 1. The largest absolute Gasteiger partial charge is 0.394 e. The predicted octanol–water partition coefficient (Wildman–Crippen LogP) is 1.88. The molecule has 0 aromatic carbocycles. The lowest BCUT2D eigenvalue weighted by Gasteiger charge is -2.43. The van der Waals surface area contributed by atoms with E-state index in [0.29, 0.717) is 6.54 Å². The number of aliphatic hydroxyl groups excluding tert-OH is 1. The van der Waals surface area contributed by atoms with E-state index in [1.54, 1.807) is 0 Å². The summed E-state index contributed by atoms with van der Waals surface area (Å²) >= 11 is 0. The van der Waals surface area contributed by atoms with Gasteiger partial charge in [-0.3, -0.25) is 0 Å². The monoisotopic (exact) mass is 279 g/mol. The SMILES string of the molecule is CCCNc1cc(N2CC(CO)OC(C)(C)C2)ccn1. The van der Waals surface area contributed by atoms with Crippen LogP contribution in [-0.2, 0) is 4.74 Å². The van der Waals surface area contributed by atoms with Gasteiger partial charge in [0.2, 0.25) is 0 Å². The van der Waals surface area contributed by atoms with E-state index in [9.17, 15) is 5.11 Å². The Kier molecular flexibility index (Phi) is 4.83. The van der Waals surface area contributed by atoms with Gasteiger partial charge in [0.1, 0.15) is 5.82 Å². The number of hydrogen-bond acceptors (Lipinski definition) is 5. The van der Waals surface area contributed by atoms with Crippen LogP contribution < -0.4 is 10.2 Å². The molecule has 1 aromatic rings. The van der Waals surface area contributed by atoms with Crippen LogP contribution in [-0.4, -0.2) is 48.0 Å². The first-order valence-electron chi connectivity index (χ1n) is 7.27. The first kappa shape index (κ1) is 15.1. The summed E-state index contributed by atoms with van der Waals surface area (Å²) in [5.74, 6) is 0.897. The molecule has 0 aliphatic carbocycles. The van der Waals surface area contributed by atoms with Crippen molar-refractivity contribution in [3.63, 3.8) is 0 Å². The van der Waals surface area contributed by atoms with Crippen LogP contribution in [0.25, 0.3) is 0 Å². The molecule has 0 amide bonds. The standard InChI is InChI=1S/C15H25N3O2/c1-4-6-16-14-8-12(5-7-17-14)18-9-13(10-19)20-15(2,3)11-18/h5,7-8,13,19H,4,6,9-11H2,1-3H3,(H,16,17). The van der Waals surface area contributed by atoms with Crippen molar-refractivity contribution in [1.29, 1.82) is 0 Å². The van der Waals surface area contributed by atoms with Crippen molar-refractivity contribution in [3.05, 3.63) is 18.3 Å². The average Bonchev–Trinajstić information content (AvgIpc) is 2.43. The van der Waals surface area contributed by atoms with E-state index >= 15 is 0 Å². The average molecular weight is 279 g/mol. The van der Waals surface area contributed by atoms with Crippen LogP contribution in [0.4, 0.5) is 11.5 Å². The molecule has 2 heterocycles. The molecule has 1 aliphatic heterocycles. The van der Waals surface area contributed by atoms with Crippen molar-refractivity contribution in [1.82, 2.24) is 4.98 Å². The fraction of sp³-hybridized carbons (Fsp3) is 0.667. The zero-order valence-electron chi connectivity index (χ0n) is 12.6. The quantitative estimate of drug-likeness (QED) is 0.862. The summed E-state index contributed by atoms with van der Waals surface area (Å²) in [6.07, 6.45) is 2.76. The maximum atomic E-state index is 9.38. The van der Waals surface area contributed by atoms with Gasteiger partial charge in [-0.05, 0) is 26.3 Å². The summed E-state index contributed by atoms with van der Waals surface area (Å²) < 4.78 is 5.85. The number of ether oxygens (including phenoxy) is 1. The van der Waals surface area contributed by atoms with Crippen molar-refractivity contribution in [2.45, 2.75) is 38.9 Å². The minimum atomic E-state index is -0.258. The number of anilines is 2. The van der Waals surface area contributed by atoms with Gasteiger partial charge >= 0.3 is 0 Å². The zero-order valence-corrected chi connectivity index (χ0v) is 12.6. The molecule has 0 bridgehead atoms. The molecule has 1 fully saturated rings. The molecular formula is C15H25N3O2. The molecule has 0 saturated carbocycles. The number of nitrogens with zero attached hydrogens (tertiary/aromatic N) is 2. The van der Waals surface area contributed by atoms with Crippen LogP contribution in [0.2, 0.25) is 0 Å². The fourth-order valence-corrected chi connectivity index (χ4v) is 2.55. The normalized spacial score (nSPS) is 21.8. The van der Waals surface area contributed by atoms with Crippen molar-refractivity contribution < 1.29 is 9.84 Å². The van der Waals surface area contributed by atoms with Crippen LogP contribution in [0, 0.1) is 0 Å². The number of nitrogens with one attached hydrogen (secondary N) is 1. The lowest BCUT2D eigenvalue weighted by molar-refractivity contribution is -0.101. The van der Waals surface area contributed by atoms with Gasteiger partial charge in [0.05, 0.1) is 18.3 Å². The van der Waals surface area contributed by atoms with Crippen LogP contribution >= 0.6 is 0 Å². The maximum Gasteiger partial charge on any atom is 0.127 e. The summed E-state index contributed by atoms with van der Waals surface area (Å²) in [5, 5.41) is 12.7. The smallest absolute Gasteiger partial charge is 0.127 e. The molecule has 5 nitrogen and oxygen atoms in total. The molecule has 0 radical (unpaired) electrons. The van der Waals surface area contributed by atoms with E-state index in [1.807, 2.05) is 12.3 Å². The van der Waals surface area contributed by atoms with Gasteiger partial charge in [-0.2, -0.15) is 0 Å². The number of rotatable bonds is 5. The second-order valence-corrected chi connectivity index (χ2v) is 5.89. The Labute approximate surface area is 121 Å². The highest BCUT2D eigenvalue weighted by Gasteiger charge is 2.33. The van der Waals surface area contributed by atoms with Gasteiger partial charge < -0.3 is 20.1 Å². The van der Waals surface area contributed by atoms with E-state index in [4.69, 9.17) is 4.74 Å². The summed E-state index contributed by atoms with van der Waals surface area (Å²) in [7, 11) is 0. The molecule has 2 N–H and O–H groups in total. The van der Waals surface area contributed by atoms with Crippen LogP contribution in [0.5, 0.6) is 0 Å². The molecule has 1 atom stereocenters. The second-order valence-electron chi connectivity index (χ2n) is 5.89. The molecule has 2 rings (SSSR count). The van der Waals surface area contributed by atoms with Crippen molar-refractivity contribution >= 4 is 11.5 Å². The number of hydrogen-bond donors (Lipinski definition) is 2. The predicted molar refractivity (Wildman–Crippen MR) is 81.3 cm³/mol. The van der Waals surface area contributed by atoms with E-state index in [-0.39, 0.29) is 18.3 Å². The fourth-order valence-electron chi connectivity index (χ4n) is 2.55. The maximum absolute atomic E-state index is 9.38. The minimum Gasteiger partial charge on any atom is -0.394 e. The van der Waals surface area contributed by atoms with Gasteiger partial charge in [0.15, 0.2) is 0 Å². The molecule has 5 heteroatoms. The molecule has 1 aliphatic rings. The molecule has 1 saturated heterocycles. The molecule has 112 valence electrons. The van der Waals surface area contributed by atoms with E-state index in [2.05, 4.69) is 42.0 Å². The Hall–Kier alpha value is -1.33. The lowest BCUT2D eigenvalue weighted by atomic mass is 10.0. The summed E-state index contributed by atoms with van der Waals surface area (Å²) in [6, 6.07) is 4.07. The van der Waals surface area contributed by atoms with Crippen molar-refractivity contribution in [2.24, 2.45) is 0 Å². The van der Waals surface area contributed by atoms with Gasteiger partial charge in [0.25, 0.3) is 0 Å². The van der Waals surface area contributed by atoms with Gasteiger partial charge in [-0.15, -0.1) is 0 Å². The molecule has 1 unspecified atom stereocenters. The number of aromatic nitrogens is 1. The zero-order chi connectivity index (χ0) is 14.6. The van der Waals surface area contributed by atoms with Crippen molar-refractivity contribution in [2.75, 3.05) is 36.5 Å². The number of pyridine rings is 1. The highest BCUT2D eigenvalue weighted by atomic mass is 16.5. The van der Waals surface area contributed by atoms with Crippen LogP contribution in [0.15, 0.2) is 18.3 Å². The third-order valence-electron chi connectivity index (χ3n) is 3.35. The first-order chi connectivity index (χ1) is 9.54. The lowest BCUT2D eigenvalue weighted by Crippen LogP contribution is -2.54. The summed E-state index contributed by atoms with van der Waals surface area (Å²) in [6.45, 7) is 8.72.